The average molecular weight is 301 g/mol. The highest BCUT2D eigenvalue weighted by atomic mass is 32.1. The summed E-state index contributed by atoms with van der Waals surface area (Å²) in [6.45, 7) is 5.85. The number of urea groups is 1. The number of thiol groups is 1. The Morgan fingerprint density at radius 1 is 1.60 bits per heavy atom. The van der Waals surface area contributed by atoms with Gasteiger partial charge < -0.3 is 15.0 Å². The summed E-state index contributed by atoms with van der Waals surface area (Å²) in [6, 6.07) is 0.857. The SMILES string of the molecule is CCN(C(=O)NC)[C@@H](CS)CCCN1C[C@@H]2C[C@H]1CO2. The second-order valence-electron chi connectivity index (χ2n) is 5.66. The molecule has 5 nitrogen and oxygen atoms in total. The molecule has 0 aliphatic carbocycles. The zero-order chi connectivity index (χ0) is 14.5. The molecule has 0 saturated carbocycles. The number of rotatable bonds is 7. The minimum absolute atomic E-state index is 0.000166. The van der Waals surface area contributed by atoms with Crippen LogP contribution in [0.25, 0.3) is 0 Å². The van der Waals surface area contributed by atoms with Gasteiger partial charge in [0.15, 0.2) is 0 Å². The van der Waals surface area contributed by atoms with Gasteiger partial charge in [0.1, 0.15) is 0 Å². The van der Waals surface area contributed by atoms with Crippen LogP contribution in [0.5, 0.6) is 0 Å². The quantitative estimate of drug-likeness (QED) is 0.695. The summed E-state index contributed by atoms with van der Waals surface area (Å²) in [7, 11) is 1.68. The van der Waals surface area contributed by atoms with Crippen molar-refractivity contribution in [3.63, 3.8) is 0 Å². The Hall–Kier alpha value is -0.460. The molecule has 2 heterocycles. The van der Waals surface area contributed by atoms with Gasteiger partial charge in [-0.1, -0.05) is 0 Å². The molecule has 0 unspecified atom stereocenters. The Bertz CT molecular complexity index is 330. The molecule has 2 saturated heterocycles. The molecule has 6 heteroatoms. The summed E-state index contributed by atoms with van der Waals surface area (Å²) in [6.07, 6.45) is 3.80. The van der Waals surface area contributed by atoms with Crippen LogP contribution in [0.3, 0.4) is 0 Å². The molecule has 1 N–H and O–H groups in total. The number of carbonyl (C=O) groups excluding carboxylic acids is 1. The second kappa shape index (κ2) is 7.52. The van der Waals surface area contributed by atoms with Crippen molar-refractivity contribution in [3.8, 4) is 0 Å². The number of hydrogen-bond donors (Lipinski definition) is 2. The van der Waals surface area contributed by atoms with Gasteiger partial charge in [0.25, 0.3) is 0 Å². The van der Waals surface area contributed by atoms with Gasteiger partial charge in [0.05, 0.1) is 12.7 Å². The highest BCUT2D eigenvalue weighted by molar-refractivity contribution is 7.80. The van der Waals surface area contributed by atoms with Crippen LogP contribution in [0, 0.1) is 0 Å². The third kappa shape index (κ3) is 3.59. The fraction of sp³-hybridized carbons (Fsp3) is 0.929. The lowest BCUT2D eigenvalue weighted by atomic mass is 10.1. The summed E-state index contributed by atoms with van der Waals surface area (Å²) in [5, 5.41) is 2.71. The minimum atomic E-state index is 0.000166. The summed E-state index contributed by atoms with van der Waals surface area (Å²) in [5.74, 6) is 0.719. The first-order valence-electron chi connectivity index (χ1n) is 7.64. The zero-order valence-corrected chi connectivity index (χ0v) is 13.4. The molecule has 116 valence electrons. The van der Waals surface area contributed by atoms with Gasteiger partial charge in [-0.2, -0.15) is 12.6 Å². The van der Waals surface area contributed by atoms with Crippen molar-refractivity contribution in [2.75, 3.05) is 39.0 Å². The van der Waals surface area contributed by atoms with E-state index in [1.165, 1.54) is 6.42 Å². The minimum Gasteiger partial charge on any atom is -0.375 e. The maximum Gasteiger partial charge on any atom is 0.317 e. The van der Waals surface area contributed by atoms with E-state index in [1.54, 1.807) is 7.05 Å². The number of fused-ring (bicyclic) bond motifs is 2. The van der Waals surface area contributed by atoms with Crippen LogP contribution in [-0.2, 0) is 4.74 Å². The predicted octanol–water partition coefficient (Wildman–Crippen LogP) is 1.20. The number of nitrogens with zero attached hydrogens (tertiary/aromatic N) is 2. The van der Waals surface area contributed by atoms with Gasteiger partial charge in [0, 0.05) is 38.0 Å². The van der Waals surface area contributed by atoms with E-state index in [0.717, 1.165) is 44.8 Å². The van der Waals surface area contributed by atoms with E-state index in [1.807, 2.05) is 11.8 Å². The summed E-state index contributed by atoms with van der Waals surface area (Å²) in [5.41, 5.74) is 0. The molecule has 0 radical (unpaired) electrons. The maximum absolute atomic E-state index is 11.8. The fourth-order valence-electron chi connectivity index (χ4n) is 3.34. The topological polar surface area (TPSA) is 44.8 Å². The van der Waals surface area contributed by atoms with Gasteiger partial charge in [-0.15, -0.1) is 0 Å². The van der Waals surface area contributed by atoms with Gasteiger partial charge in [-0.3, -0.25) is 4.90 Å². The van der Waals surface area contributed by atoms with Crippen LogP contribution in [0.15, 0.2) is 0 Å². The van der Waals surface area contributed by atoms with Crippen molar-refractivity contribution in [2.45, 2.75) is 44.4 Å². The maximum atomic E-state index is 11.8. The van der Waals surface area contributed by atoms with E-state index >= 15 is 0 Å². The largest absolute Gasteiger partial charge is 0.375 e. The average Bonchev–Trinajstić information content (AvgIpc) is 3.08. The van der Waals surface area contributed by atoms with Crippen LogP contribution in [-0.4, -0.2) is 73.1 Å². The van der Waals surface area contributed by atoms with E-state index < -0.39 is 0 Å². The number of likely N-dealkylation sites (tertiary alicyclic amines) is 1. The number of nitrogens with one attached hydrogen (secondary N) is 1. The van der Waals surface area contributed by atoms with Gasteiger partial charge in [0.2, 0.25) is 0 Å². The highest BCUT2D eigenvalue weighted by Gasteiger charge is 2.38. The Balaban J connectivity index is 1.74. The van der Waals surface area contributed by atoms with Crippen molar-refractivity contribution in [3.05, 3.63) is 0 Å². The lowest BCUT2D eigenvalue weighted by Gasteiger charge is -2.31. The van der Waals surface area contributed by atoms with E-state index in [2.05, 4.69) is 22.8 Å². The third-order valence-electron chi connectivity index (χ3n) is 4.46. The van der Waals surface area contributed by atoms with Crippen LogP contribution in [0.1, 0.15) is 26.2 Å². The van der Waals surface area contributed by atoms with Crippen LogP contribution in [0.4, 0.5) is 4.79 Å². The molecular weight excluding hydrogens is 274 g/mol. The molecule has 20 heavy (non-hydrogen) atoms. The highest BCUT2D eigenvalue weighted by Crippen LogP contribution is 2.27. The van der Waals surface area contributed by atoms with E-state index in [4.69, 9.17) is 4.74 Å². The Kier molecular flexibility index (Phi) is 5.99. The Morgan fingerprint density at radius 3 is 2.90 bits per heavy atom. The van der Waals surface area contributed by atoms with Crippen LogP contribution >= 0.6 is 12.6 Å². The number of morpholine rings is 1. The van der Waals surface area contributed by atoms with Crippen molar-refractivity contribution in [1.82, 2.24) is 15.1 Å². The van der Waals surface area contributed by atoms with E-state index in [-0.39, 0.29) is 12.1 Å². The third-order valence-corrected chi connectivity index (χ3v) is 4.88. The molecule has 0 spiro atoms. The van der Waals surface area contributed by atoms with Crippen molar-refractivity contribution < 1.29 is 9.53 Å². The lowest BCUT2D eigenvalue weighted by Crippen LogP contribution is -2.46. The zero-order valence-electron chi connectivity index (χ0n) is 12.5. The van der Waals surface area contributed by atoms with Crippen molar-refractivity contribution in [2.24, 2.45) is 0 Å². The summed E-state index contributed by atoms with van der Waals surface area (Å²) in [4.78, 5) is 16.2. The van der Waals surface area contributed by atoms with Crippen molar-refractivity contribution in [1.29, 1.82) is 0 Å². The fourth-order valence-corrected chi connectivity index (χ4v) is 3.72. The first kappa shape index (κ1) is 15.9. The molecular formula is C14H27N3O2S. The monoisotopic (exact) mass is 301 g/mol. The number of amides is 2. The number of carbonyl (C=O) groups is 1. The Morgan fingerprint density at radius 2 is 2.40 bits per heavy atom. The molecule has 0 aromatic rings. The number of ether oxygens (including phenoxy) is 1. The summed E-state index contributed by atoms with van der Waals surface area (Å²) < 4.78 is 5.62. The normalized spacial score (nSPS) is 26.8. The molecule has 0 aromatic carbocycles. The molecule has 2 fully saturated rings. The first-order valence-corrected chi connectivity index (χ1v) is 8.27. The van der Waals surface area contributed by atoms with E-state index in [9.17, 15) is 4.79 Å². The number of hydrogen-bond acceptors (Lipinski definition) is 4. The van der Waals surface area contributed by atoms with E-state index in [0.29, 0.717) is 12.1 Å². The molecule has 2 amide bonds. The second-order valence-corrected chi connectivity index (χ2v) is 6.02. The molecule has 2 aliphatic rings. The molecule has 3 atom stereocenters. The first-order chi connectivity index (χ1) is 9.69. The summed E-state index contributed by atoms with van der Waals surface area (Å²) >= 11 is 4.41. The standard InChI is InChI=1S/C14H27N3O2S/c1-3-17(14(18)15-2)11(10-20)5-4-6-16-8-13-7-12(16)9-19-13/h11-13,20H,3-10H2,1-2H3,(H,15,18)/t11-,12+,13+/m1/s1. The van der Waals surface area contributed by atoms with Crippen LogP contribution < -0.4 is 5.32 Å². The molecule has 2 aliphatic heterocycles. The smallest absolute Gasteiger partial charge is 0.317 e. The molecule has 2 bridgehead atoms. The molecule has 0 aromatic heterocycles. The van der Waals surface area contributed by atoms with Gasteiger partial charge in [-0.05, 0) is 32.7 Å². The Labute approximate surface area is 127 Å². The van der Waals surface area contributed by atoms with Crippen molar-refractivity contribution >= 4 is 18.7 Å². The van der Waals surface area contributed by atoms with Gasteiger partial charge in [-0.25, -0.2) is 4.79 Å². The lowest BCUT2D eigenvalue weighted by molar-refractivity contribution is 0.0295. The van der Waals surface area contributed by atoms with Gasteiger partial charge >= 0.3 is 6.03 Å². The predicted molar refractivity (Wildman–Crippen MR) is 83.4 cm³/mol. The molecule has 2 rings (SSSR count). The van der Waals surface area contributed by atoms with Crippen LogP contribution in [0.2, 0.25) is 0 Å².